The van der Waals surface area contributed by atoms with E-state index in [-0.39, 0.29) is 12.2 Å². The van der Waals surface area contributed by atoms with E-state index in [4.69, 9.17) is 20.8 Å². The third-order valence-electron chi connectivity index (χ3n) is 4.83. The van der Waals surface area contributed by atoms with Gasteiger partial charge in [-0.05, 0) is 47.5 Å². The summed E-state index contributed by atoms with van der Waals surface area (Å²) in [4.78, 5) is 24.9. The number of furan rings is 1. The smallest absolute Gasteiger partial charge is 0.310 e. The van der Waals surface area contributed by atoms with Gasteiger partial charge in [-0.1, -0.05) is 35.9 Å². The standard InChI is InChI=1S/C23H18ClFN2O4/c24-17-7-5-16(6-8-17)19-13-20(21-2-1-11-30-21)27(26-19)22(28)14-31-23(29)12-15-3-9-18(25)10-4-15/h1-11,20H,12-14H2. The summed E-state index contributed by atoms with van der Waals surface area (Å²) in [6, 6.07) is 15.7. The second kappa shape index (κ2) is 9.14. The first-order valence-electron chi connectivity index (χ1n) is 9.58. The average Bonchev–Trinajstić information content (AvgIpc) is 3.44. The molecule has 31 heavy (non-hydrogen) atoms. The minimum Gasteiger partial charge on any atom is -0.467 e. The van der Waals surface area contributed by atoms with Crippen LogP contribution in [-0.4, -0.2) is 29.2 Å². The summed E-state index contributed by atoms with van der Waals surface area (Å²) in [6.07, 6.45) is 1.92. The summed E-state index contributed by atoms with van der Waals surface area (Å²) in [5.74, 6) is -0.869. The minimum absolute atomic E-state index is 0.0610. The molecule has 8 heteroatoms. The number of hydrazone groups is 1. The van der Waals surface area contributed by atoms with Gasteiger partial charge in [-0.2, -0.15) is 5.10 Å². The van der Waals surface area contributed by atoms with E-state index < -0.39 is 24.5 Å². The number of carbonyl (C=O) groups is 2. The molecule has 0 spiro atoms. The predicted octanol–water partition coefficient (Wildman–Crippen LogP) is 4.54. The van der Waals surface area contributed by atoms with Crippen molar-refractivity contribution in [1.82, 2.24) is 5.01 Å². The van der Waals surface area contributed by atoms with Gasteiger partial charge in [0.15, 0.2) is 6.61 Å². The Morgan fingerprint density at radius 2 is 1.87 bits per heavy atom. The largest absolute Gasteiger partial charge is 0.467 e. The molecule has 0 radical (unpaired) electrons. The number of rotatable bonds is 6. The molecule has 2 aromatic carbocycles. The number of carbonyl (C=O) groups excluding carboxylic acids is 2. The van der Waals surface area contributed by atoms with Gasteiger partial charge in [0, 0.05) is 11.4 Å². The highest BCUT2D eigenvalue weighted by molar-refractivity contribution is 6.30. The van der Waals surface area contributed by atoms with Crippen molar-refractivity contribution in [2.75, 3.05) is 6.61 Å². The number of ether oxygens (including phenoxy) is 1. The van der Waals surface area contributed by atoms with Crippen molar-refractivity contribution in [3.63, 3.8) is 0 Å². The van der Waals surface area contributed by atoms with Crippen LogP contribution in [0.25, 0.3) is 0 Å². The van der Waals surface area contributed by atoms with E-state index in [9.17, 15) is 14.0 Å². The highest BCUT2D eigenvalue weighted by atomic mass is 35.5. The molecule has 2 heterocycles. The maximum Gasteiger partial charge on any atom is 0.310 e. The van der Waals surface area contributed by atoms with E-state index in [1.807, 2.05) is 12.1 Å². The van der Waals surface area contributed by atoms with Crippen molar-refractivity contribution >= 4 is 29.2 Å². The lowest BCUT2D eigenvalue weighted by Crippen LogP contribution is -2.31. The number of nitrogens with zero attached hydrogens (tertiary/aromatic N) is 2. The summed E-state index contributed by atoms with van der Waals surface area (Å²) in [5, 5.41) is 6.35. The molecular formula is C23H18ClFN2O4. The van der Waals surface area contributed by atoms with Gasteiger partial charge in [0.2, 0.25) is 0 Å². The van der Waals surface area contributed by atoms with Gasteiger partial charge in [-0.3, -0.25) is 9.59 Å². The lowest BCUT2D eigenvalue weighted by atomic mass is 10.0. The Bertz CT molecular complexity index is 1100. The number of hydrogen-bond acceptors (Lipinski definition) is 5. The van der Waals surface area contributed by atoms with Crippen LogP contribution in [0.5, 0.6) is 0 Å². The molecule has 0 fully saturated rings. The maximum absolute atomic E-state index is 13.0. The molecule has 1 amide bonds. The molecule has 4 rings (SSSR count). The lowest BCUT2D eigenvalue weighted by Gasteiger charge is -2.19. The van der Waals surface area contributed by atoms with Gasteiger partial charge in [0.25, 0.3) is 5.91 Å². The van der Waals surface area contributed by atoms with Crippen molar-refractivity contribution in [3.8, 4) is 0 Å². The van der Waals surface area contributed by atoms with Gasteiger partial charge < -0.3 is 9.15 Å². The first kappa shape index (κ1) is 20.8. The van der Waals surface area contributed by atoms with Crippen molar-refractivity contribution in [1.29, 1.82) is 0 Å². The molecule has 0 saturated heterocycles. The molecular weight excluding hydrogens is 423 g/mol. The second-order valence-electron chi connectivity index (χ2n) is 6.99. The van der Waals surface area contributed by atoms with Crippen LogP contribution >= 0.6 is 11.6 Å². The normalized spacial score (nSPS) is 15.6. The van der Waals surface area contributed by atoms with Crippen molar-refractivity contribution in [3.05, 3.63) is 94.7 Å². The summed E-state index contributed by atoms with van der Waals surface area (Å²) in [6.45, 7) is -0.464. The van der Waals surface area contributed by atoms with Crippen LogP contribution in [0.3, 0.4) is 0 Å². The van der Waals surface area contributed by atoms with Crippen LogP contribution in [0.2, 0.25) is 5.02 Å². The molecule has 158 valence electrons. The molecule has 1 aromatic heterocycles. The summed E-state index contributed by atoms with van der Waals surface area (Å²) in [5.41, 5.74) is 2.13. The Labute approximate surface area is 182 Å². The number of hydrogen-bond donors (Lipinski definition) is 0. The Morgan fingerprint density at radius 3 is 2.55 bits per heavy atom. The summed E-state index contributed by atoms with van der Waals surface area (Å²) < 4.78 is 23.6. The van der Waals surface area contributed by atoms with Gasteiger partial charge in [0.1, 0.15) is 17.6 Å². The second-order valence-corrected chi connectivity index (χ2v) is 7.43. The topological polar surface area (TPSA) is 72.1 Å². The van der Waals surface area contributed by atoms with Gasteiger partial charge >= 0.3 is 5.97 Å². The Balaban J connectivity index is 1.45. The van der Waals surface area contributed by atoms with Crippen molar-refractivity contribution in [2.45, 2.75) is 18.9 Å². The first-order chi connectivity index (χ1) is 15.0. The zero-order valence-corrected chi connectivity index (χ0v) is 17.1. The molecule has 0 bridgehead atoms. The SMILES string of the molecule is O=C(Cc1ccc(F)cc1)OCC(=O)N1N=C(c2ccc(Cl)cc2)CC1c1ccco1. The molecule has 0 N–H and O–H groups in total. The number of benzene rings is 2. The fourth-order valence-corrected chi connectivity index (χ4v) is 3.41. The number of esters is 1. The number of amides is 1. The third kappa shape index (κ3) is 5.00. The highest BCUT2D eigenvalue weighted by Crippen LogP contribution is 2.33. The van der Waals surface area contributed by atoms with Crippen LogP contribution in [0.1, 0.15) is 29.3 Å². The average molecular weight is 441 g/mol. The fraction of sp³-hybridized carbons (Fsp3) is 0.174. The van der Waals surface area contributed by atoms with Gasteiger partial charge in [-0.25, -0.2) is 9.40 Å². The third-order valence-corrected chi connectivity index (χ3v) is 5.09. The molecule has 1 atom stereocenters. The van der Waals surface area contributed by atoms with E-state index in [1.165, 1.54) is 35.5 Å². The van der Waals surface area contributed by atoms with Crippen LogP contribution in [0.4, 0.5) is 4.39 Å². The molecule has 0 saturated carbocycles. The van der Waals surface area contributed by atoms with Crippen LogP contribution in [0.15, 0.2) is 76.4 Å². The Morgan fingerprint density at radius 1 is 1.13 bits per heavy atom. The van der Waals surface area contributed by atoms with Gasteiger partial charge in [-0.15, -0.1) is 0 Å². The molecule has 1 aliphatic heterocycles. The molecule has 6 nitrogen and oxygen atoms in total. The van der Waals surface area contributed by atoms with E-state index in [0.717, 1.165) is 5.56 Å². The zero-order valence-electron chi connectivity index (χ0n) is 16.3. The maximum atomic E-state index is 13.0. The van der Waals surface area contributed by atoms with Crippen LogP contribution < -0.4 is 0 Å². The van der Waals surface area contributed by atoms with E-state index in [1.54, 1.807) is 24.3 Å². The fourth-order valence-electron chi connectivity index (χ4n) is 3.29. The molecule has 1 aliphatic rings. The summed E-state index contributed by atoms with van der Waals surface area (Å²) in [7, 11) is 0. The van der Waals surface area contributed by atoms with Crippen molar-refractivity contribution in [2.24, 2.45) is 5.10 Å². The first-order valence-corrected chi connectivity index (χ1v) is 9.96. The lowest BCUT2D eigenvalue weighted by molar-refractivity contribution is -0.152. The molecule has 1 unspecified atom stereocenters. The van der Waals surface area contributed by atoms with E-state index in [2.05, 4.69) is 5.10 Å². The van der Waals surface area contributed by atoms with Crippen LogP contribution in [0, 0.1) is 5.82 Å². The van der Waals surface area contributed by atoms with Crippen molar-refractivity contribution < 1.29 is 23.1 Å². The Kier molecular flexibility index (Phi) is 6.13. The van der Waals surface area contributed by atoms with Crippen LogP contribution in [-0.2, 0) is 20.7 Å². The minimum atomic E-state index is -0.587. The quantitative estimate of drug-likeness (QED) is 0.528. The number of halogens is 2. The van der Waals surface area contributed by atoms with E-state index >= 15 is 0 Å². The summed E-state index contributed by atoms with van der Waals surface area (Å²) >= 11 is 5.96. The zero-order chi connectivity index (χ0) is 21.8. The predicted molar refractivity (Wildman–Crippen MR) is 112 cm³/mol. The Hall–Kier alpha value is -3.45. The van der Waals surface area contributed by atoms with E-state index in [0.29, 0.717) is 28.5 Å². The monoisotopic (exact) mass is 440 g/mol. The highest BCUT2D eigenvalue weighted by Gasteiger charge is 2.35. The molecule has 3 aromatic rings. The molecule has 0 aliphatic carbocycles. The van der Waals surface area contributed by atoms with Gasteiger partial charge in [0.05, 0.1) is 18.4 Å².